The lowest BCUT2D eigenvalue weighted by atomic mass is 10.2. The number of rotatable bonds is 3. The maximum Gasteiger partial charge on any atom is 0.142 e. The maximum absolute atomic E-state index is 13.2. The van der Waals surface area contributed by atoms with Gasteiger partial charge in [0, 0.05) is 11.8 Å². The van der Waals surface area contributed by atoms with Crippen LogP contribution in [0, 0.1) is 5.82 Å². The highest BCUT2D eigenvalue weighted by Gasteiger charge is 2.06. The first-order valence-corrected chi connectivity index (χ1v) is 5.58. The summed E-state index contributed by atoms with van der Waals surface area (Å²) in [6.07, 6.45) is 2.78. The third-order valence-corrected chi connectivity index (χ3v) is 2.77. The number of aliphatic hydroxyl groups excluding tert-OH is 1. The maximum atomic E-state index is 13.2. The van der Waals surface area contributed by atoms with Crippen LogP contribution >= 0.6 is 11.6 Å². The van der Waals surface area contributed by atoms with Gasteiger partial charge < -0.3 is 5.11 Å². The summed E-state index contributed by atoms with van der Waals surface area (Å²) in [6, 6.07) is 4.65. The lowest BCUT2D eigenvalue weighted by molar-refractivity contribution is 0.199. The molecule has 1 unspecified atom stereocenters. The van der Waals surface area contributed by atoms with Gasteiger partial charge in [-0.2, -0.15) is 5.10 Å². The molecule has 1 aromatic carbocycles. The lowest BCUT2D eigenvalue weighted by Crippen LogP contribution is -2.00. The number of aliphatic hydroxyl groups is 1. The second-order valence-corrected chi connectivity index (χ2v) is 4.30. The molecule has 0 radical (unpaired) electrons. The molecule has 0 aliphatic carbocycles. The Hall–Kier alpha value is -1.39. The van der Waals surface area contributed by atoms with E-state index < -0.39 is 11.9 Å². The second kappa shape index (κ2) is 4.85. The van der Waals surface area contributed by atoms with Gasteiger partial charge in [-0.3, -0.25) is 4.68 Å². The fourth-order valence-electron chi connectivity index (χ4n) is 1.51. The average Bonchev–Trinajstić information content (AvgIpc) is 2.72. The zero-order valence-corrected chi connectivity index (χ0v) is 10.0. The molecule has 0 saturated heterocycles. The smallest absolute Gasteiger partial charge is 0.142 e. The molecule has 0 spiro atoms. The molecular weight excluding hydrogens is 243 g/mol. The minimum atomic E-state index is -0.550. The molecule has 5 heteroatoms. The van der Waals surface area contributed by atoms with Gasteiger partial charge in [0.2, 0.25) is 0 Å². The lowest BCUT2D eigenvalue weighted by Gasteiger charge is -2.03. The van der Waals surface area contributed by atoms with Crippen LogP contribution < -0.4 is 0 Å². The number of benzene rings is 1. The molecule has 2 rings (SSSR count). The Bertz CT molecular complexity index is 525. The van der Waals surface area contributed by atoms with E-state index in [1.165, 1.54) is 12.1 Å². The highest BCUT2D eigenvalue weighted by Crippen LogP contribution is 2.17. The van der Waals surface area contributed by atoms with E-state index in [9.17, 15) is 9.50 Å². The van der Waals surface area contributed by atoms with Gasteiger partial charge in [-0.05, 0) is 24.6 Å². The van der Waals surface area contributed by atoms with Gasteiger partial charge in [0.1, 0.15) is 5.82 Å². The molecular formula is C12H12ClFN2O. The van der Waals surface area contributed by atoms with Gasteiger partial charge in [0.25, 0.3) is 0 Å². The van der Waals surface area contributed by atoms with E-state index in [-0.39, 0.29) is 5.02 Å². The molecule has 2 aromatic rings. The molecule has 90 valence electrons. The first kappa shape index (κ1) is 12.1. The van der Waals surface area contributed by atoms with Crippen LogP contribution in [0.2, 0.25) is 5.02 Å². The van der Waals surface area contributed by atoms with Crippen LogP contribution in [0.3, 0.4) is 0 Å². The Morgan fingerprint density at radius 2 is 2.29 bits per heavy atom. The zero-order chi connectivity index (χ0) is 12.4. The Morgan fingerprint density at radius 1 is 1.53 bits per heavy atom. The van der Waals surface area contributed by atoms with E-state index in [4.69, 9.17) is 11.6 Å². The van der Waals surface area contributed by atoms with E-state index in [1.54, 1.807) is 30.1 Å². The second-order valence-electron chi connectivity index (χ2n) is 3.90. The molecule has 0 fully saturated rings. The third kappa shape index (κ3) is 2.84. The summed E-state index contributed by atoms with van der Waals surface area (Å²) >= 11 is 5.60. The molecule has 1 heterocycles. The summed E-state index contributed by atoms with van der Waals surface area (Å²) in [5, 5.41) is 13.5. The average molecular weight is 255 g/mol. The summed E-state index contributed by atoms with van der Waals surface area (Å²) in [5.74, 6) is -0.438. The van der Waals surface area contributed by atoms with Crippen molar-refractivity contribution in [1.29, 1.82) is 0 Å². The number of hydrogen-bond acceptors (Lipinski definition) is 2. The molecule has 0 aliphatic heterocycles. The molecule has 1 atom stereocenters. The fraction of sp³-hybridized carbons (Fsp3) is 0.250. The van der Waals surface area contributed by atoms with Crippen LogP contribution in [0.1, 0.15) is 24.2 Å². The van der Waals surface area contributed by atoms with Crippen molar-refractivity contribution in [2.45, 2.75) is 19.6 Å². The quantitative estimate of drug-likeness (QED) is 0.915. The van der Waals surface area contributed by atoms with Gasteiger partial charge in [0.15, 0.2) is 0 Å². The Balaban J connectivity index is 2.16. The van der Waals surface area contributed by atoms with Crippen molar-refractivity contribution in [3.05, 3.63) is 52.6 Å². The van der Waals surface area contributed by atoms with Crippen molar-refractivity contribution >= 4 is 11.6 Å². The SMILES string of the molecule is CC(O)c1cnn(Cc2ccc(Cl)c(F)c2)c1. The van der Waals surface area contributed by atoms with Crippen molar-refractivity contribution in [2.75, 3.05) is 0 Å². The summed E-state index contributed by atoms with van der Waals surface area (Å²) in [7, 11) is 0. The predicted molar refractivity (Wildman–Crippen MR) is 63.4 cm³/mol. The number of nitrogens with zero attached hydrogens (tertiary/aromatic N) is 2. The highest BCUT2D eigenvalue weighted by atomic mass is 35.5. The molecule has 1 N–H and O–H groups in total. The van der Waals surface area contributed by atoms with Crippen LogP contribution in [0.4, 0.5) is 4.39 Å². The van der Waals surface area contributed by atoms with E-state index in [1.807, 2.05) is 0 Å². The number of halogens is 2. The minimum absolute atomic E-state index is 0.110. The van der Waals surface area contributed by atoms with E-state index in [0.29, 0.717) is 6.54 Å². The van der Waals surface area contributed by atoms with Crippen molar-refractivity contribution in [2.24, 2.45) is 0 Å². The minimum Gasteiger partial charge on any atom is -0.389 e. The van der Waals surface area contributed by atoms with E-state index in [2.05, 4.69) is 5.10 Å². The molecule has 0 amide bonds. The van der Waals surface area contributed by atoms with Crippen LogP contribution in [0.15, 0.2) is 30.6 Å². The normalized spacial score (nSPS) is 12.7. The van der Waals surface area contributed by atoms with E-state index >= 15 is 0 Å². The van der Waals surface area contributed by atoms with Gasteiger partial charge in [-0.1, -0.05) is 17.7 Å². The van der Waals surface area contributed by atoms with Crippen LogP contribution in [-0.2, 0) is 6.54 Å². The molecule has 0 bridgehead atoms. The van der Waals surface area contributed by atoms with Gasteiger partial charge in [-0.15, -0.1) is 0 Å². The van der Waals surface area contributed by atoms with Gasteiger partial charge in [0.05, 0.1) is 23.9 Å². The fourth-order valence-corrected chi connectivity index (χ4v) is 1.62. The van der Waals surface area contributed by atoms with Gasteiger partial charge in [-0.25, -0.2) is 4.39 Å². The number of aromatic nitrogens is 2. The number of hydrogen-bond donors (Lipinski definition) is 1. The molecule has 3 nitrogen and oxygen atoms in total. The summed E-state index contributed by atoms with van der Waals surface area (Å²) < 4.78 is 14.9. The van der Waals surface area contributed by atoms with E-state index in [0.717, 1.165) is 11.1 Å². The molecule has 17 heavy (non-hydrogen) atoms. The highest BCUT2D eigenvalue weighted by molar-refractivity contribution is 6.30. The van der Waals surface area contributed by atoms with Crippen LogP contribution in [0.5, 0.6) is 0 Å². The monoisotopic (exact) mass is 254 g/mol. The van der Waals surface area contributed by atoms with Crippen molar-refractivity contribution in [3.63, 3.8) is 0 Å². The van der Waals surface area contributed by atoms with Crippen LogP contribution in [-0.4, -0.2) is 14.9 Å². The Labute approximate surface area is 103 Å². The van der Waals surface area contributed by atoms with Crippen molar-refractivity contribution < 1.29 is 9.50 Å². The first-order valence-electron chi connectivity index (χ1n) is 5.20. The topological polar surface area (TPSA) is 38.1 Å². The summed E-state index contributed by atoms with van der Waals surface area (Å²) in [4.78, 5) is 0. The van der Waals surface area contributed by atoms with Crippen molar-refractivity contribution in [3.8, 4) is 0 Å². The largest absolute Gasteiger partial charge is 0.389 e. The first-order chi connectivity index (χ1) is 8.06. The molecule has 0 aliphatic rings. The summed E-state index contributed by atoms with van der Waals surface area (Å²) in [6.45, 7) is 2.12. The third-order valence-electron chi connectivity index (χ3n) is 2.46. The molecule has 1 aromatic heterocycles. The van der Waals surface area contributed by atoms with Crippen LogP contribution in [0.25, 0.3) is 0 Å². The van der Waals surface area contributed by atoms with Crippen molar-refractivity contribution in [1.82, 2.24) is 9.78 Å². The standard InChI is InChI=1S/C12H12ClFN2O/c1-8(17)10-5-15-16(7-10)6-9-2-3-11(13)12(14)4-9/h2-5,7-8,17H,6H2,1H3. The Morgan fingerprint density at radius 3 is 2.88 bits per heavy atom. The molecule has 0 saturated carbocycles. The zero-order valence-electron chi connectivity index (χ0n) is 9.27. The van der Waals surface area contributed by atoms with Gasteiger partial charge >= 0.3 is 0 Å². The summed E-state index contributed by atoms with van der Waals surface area (Å²) in [5.41, 5.74) is 1.51. The Kier molecular flexibility index (Phi) is 3.45. The predicted octanol–water partition coefficient (Wildman–Crippen LogP) is 2.78.